The number of ether oxygens (including phenoxy) is 2. The smallest absolute Gasteiger partial charge is 0.411 e. The number of carbonyl (C=O) groups excluding carboxylic acids is 2. The summed E-state index contributed by atoms with van der Waals surface area (Å²) in [5, 5.41) is 8.43. The molecule has 1 aliphatic carbocycles. The summed E-state index contributed by atoms with van der Waals surface area (Å²) in [6.07, 6.45) is 1.62. The Bertz CT molecular complexity index is 803. The molecule has 1 aliphatic rings. The van der Waals surface area contributed by atoms with Crippen molar-refractivity contribution >= 4 is 23.5 Å². The lowest BCUT2D eigenvalue weighted by molar-refractivity contribution is 0.187. The molecule has 0 spiro atoms. The van der Waals surface area contributed by atoms with Crippen LogP contribution in [0.5, 0.6) is 5.75 Å². The number of amides is 3. The second-order valence-electron chi connectivity index (χ2n) is 6.38. The van der Waals surface area contributed by atoms with Gasteiger partial charge in [0, 0.05) is 11.4 Å². The lowest BCUT2D eigenvalue weighted by Crippen LogP contribution is -2.33. The molecular formula is C20H23N3O4. The molecule has 2 aromatic rings. The van der Waals surface area contributed by atoms with Crippen LogP contribution >= 0.6 is 0 Å². The molecule has 3 rings (SSSR count). The Labute approximate surface area is 158 Å². The van der Waals surface area contributed by atoms with Crippen LogP contribution in [0.15, 0.2) is 48.5 Å². The average Bonchev–Trinajstić information content (AvgIpc) is 3.51. The van der Waals surface area contributed by atoms with E-state index in [1.165, 1.54) is 7.11 Å². The van der Waals surface area contributed by atoms with Crippen molar-refractivity contribution in [3.63, 3.8) is 0 Å². The summed E-state index contributed by atoms with van der Waals surface area (Å²) in [5.74, 6) is 1.23. The van der Waals surface area contributed by atoms with Gasteiger partial charge < -0.3 is 20.1 Å². The second-order valence-corrected chi connectivity index (χ2v) is 6.38. The van der Waals surface area contributed by atoms with E-state index in [9.17, 15) is 9.59 Å². The molecule has 1 unspecified atom stereocenters. The fourth-order valence-electron chi connectivity index (χ4n) is 2.87. The van der Waals surface area contributed by atoms with E-state index in [1.54, 1.807) is 31.4 Å². The van der Waals surface area contributed by atoms with Crippen molar-refractivity contribution in [2.45, 2.75) is 18.9 Å². The van der Waals surface area contributed by atoms with E-state index in [-0.39, 0.29) is 12.1 Å². The predicted molar refractivity (Wildman–Crippen MR) is 103 cm³/mol. The van der Waals surface area contributed by atoms with Crippen molar-refractivity contribution in [2.75, 3.05) is 24.9 Å². The molecule has 0 heterocycles. The summed E-state index contributed by atoms with van der Waals surface area (Å²) in [6.45, 7) is 0. The van der Waals surface area contributed by atoms with Gasteiger partial charge in [-0.05, 0) is 54.7 Å². The molecule has 1 saturated carbocycles. The van der Waals surface area contributed by atoms with Gasteiger partial charge in [0.2, 0.25) is 0 Å². The second kappa shape index (κ2) is 8.44. The van der Waals surface area contributed by atoms with Crippen LogP contribution < -0.4 is 20.7 Å². The zero-order chi connectivity index (χ0) is 19.2. The molecule has 0 radical (unpaired) electrons. The van der Waals surface area contributed by atoms with Gasteiger partial charge in [0.15, 0.2) is 0 Å². The molecule has 1 fully saturated rings. The van der Waals surface area contributed by atoms with Crippen molar-refractivity contribution < 1.29 is 19.1 Å². The fourth-order valence-corrected chi connectivity index (χ4v) is 2.87. The fraction of sp³-hybridized carbons (Fsp3) is 0.300. The van der Waals surface area contributed by atoms with Gasteiger partial charge >= 0.3 is 12.1 Å². The Morgan fingerprint density at radius 1 is 1.00 bits per heavy atom. The van der Waals surface area contributed by atoms with E-state index >= 15 is 0 Å². The van der Waals surface area contributed by atoms with Gasteiger partial charge in [-0.3, -0.25) is 5.32 Å². The van der Waals surface area contributed by atoms with Crippen LogP contribution in [0.3, 0.4) is 0 Å². The lowest BCUT2D eigenvalue weighted by atomic mass is 10.0. The number of anilines is 2. The first kappa shape index (κ1) is 18.6. The number of methoxy groups -OCH3 is 2. The van der Waals surface area contributed by atoms with Crippen molar-refractivity contribution in [1.29, 1.82) is 0 Å². The molecule has 1 atom stereocenters. The molecule has 0 bridgehead atoms. The number of hydrogen-bond donors (Lipinski definition) is 3. The summed E-state index contributed by atoms with van der Waals surface area (Å²) >= 11 is 0. The van der Waals surface area contributed by atoms with E-state index in [4.69, 9.17) is 4.74 Å². The highest BCUT2D eigenvalue weighted by molar-refractivity contribution is 5.91. The summed E-state index contributed by atoms with van der Waals surface area (Å²) < 4.78 is 9.76. The van der Waals surface area contributed by atoms with Gasteiger partial charge in [-0.1, -0.05) is 18.2 Å². The van der Waals surface area contributed by atoms with Gasteiger partial charge in [0.05, 0.1) is 20.3 Å². The number of benzene rings is 2. The maximum absolute atomic E-state index is 12.5. The van der Waals surface area contributed by atoms with Gasteiger partial charge in [-0.2, -0.15) is 0 Å². The summed E-state index contributed by atoms with van der Waals surface area (Å²) in [5.41, 5.74) is 2.16. The Balaban J connectivity index is 1.64. The van der Waals surface area contributed by atoms with Crippen LogP contribution in [0, 0.1) is 5.92 Å². The van der Waals surface area contributed by atoms with Crippen molar-refractivity contribution in [2.24, 2.45) is 5.92 Å². The van der Waals surface area contributed by atoms with Gasteiger partial charge in [0.1, 0.15) is 5.75 Å². The van der Waals surface area contributed by atoms with Crippen LogP contribution in [-0.4, -0.2) is 26.3 Å². The largest absolute Gasteiger partial charge is 0.497 e. The average molecular weight is 369 g/mol. The molecule has 27 heavy (non-hydrogen) atoms. The monoisotopic (exact) mass is 369 g/mol. The van der Waals surface area contributed by atoms with E-state index in [2.05, 4.69) is 20.7 Å². The zero-order valence-corrected chi connectivity index (χ0v) is 15.3. The van der Waals surface area contributed by atoms with Crippen molar-refractivity contribution in [1.82, 2.24) is 5.32 Å². The molecule has 2 aromatic carbocycles. The van der Waals surface area contributed by atoms with E-state index in [0.29, 0.717) is 17.3 Å². The van der Waals surface area contributed by atoms with Crippen LogP contribution in [0.25, 0.3) is 0 Å². The first-order valence-electron chi connectivity index (χ1n) is 8.75. The topological polar surface area (TPSA) is 88.7 Å². The molecule has 0 saturated heterocycles. The third kappa shape index (κ3) is 5.13. The standard InChI is InChI=1S/C20H23N3O4/c1-26-17-10-8-14(9-11-17)18(13-6-7-13)23-19(24)21-15-4-3-5-16(12-15)22-20(25)27-2/h3-5,8-13,18H,6-7H2,1-2H3,(H,22,25)(H2,21,23,24). The summed E-state index contributed by atoms with van der Waals surface area (Å²) in [7, 11) is 2.92. The summed E-state index contributed by atoms with van der Waals surface area (Å²) in [6, 6.07) is 14.3. The molecule has 142 valence electrons. The minimum Gasteiger partial charge on any atom is -0.497 e. The highest BCUT2D eigenvalue weighted by Gasteiger charge is 2.33. The quantitative estimate of drug-likeness (QED) is 0.714. The molecule has 7 nitrogen and oxygen atoms in total. The van der Waals surface area contributed by atoms with Gasteiger partial charge in [-0.25, -0.2) is 9.59 Å². The number of rotatable bonds is 6. The Morgan fingerprint density at radius 3 is 2.26 bits per heavy atom. The molecule has 0 aliphatic heterocycles. The van der Waals surface area contributed by atoms with E-state index < -0.39 is 6.09 Å². The van der Waals surface area contributed by atoms with Crippen molar-refractivity contribution in [3.8, 4) is 5.75 Å². The Hall–Kier alpha value is -3.22. The molecular weight excluding hydrogens is 346 g/mol. The minimum atomic E-state index is -0.565. The third-order valence-corrected chi connectivity index (χ3v) is 4.41. The van der Waals surface area contributed by atoms with Crippen LogP contribution in [0.2, 0.25) is 0 Å². The Morgan fingerprint density at radius 2 is 1.67 bits per heavy atom. The first-order valence-corrected chi connectivity index (χ1v) is 8.75. The highest BCUT2D eigenvalue weighted by Crippen LogP contribution is 2.41. The SMILES string of the molecule is COC(=O)Nc1cccc(NC(=O)NC(c2ccc(OC)cc2)C2CC2)c1. The number of urea groups is 1. The normalized spacial score (nSPS) is 14.0. The third-order valence-electron chi connectivity index (χ3n) is 4.41. The molecule has 3 amide bonds. The van der Waals surface area contributed by atoms with Crippen LogP contribution in [0.1, 0.15) is 24.4 Å². The molecule has 0 aromatic heterocycles. The molecule has 7 heteroatoms. The van der Waals surface area contributed by atoms with E-state index in [1.807, 2.05) is 24.3 Å². The molecule has 3 N–H and O–H groups in total. The predicted octanol–water partition coefficient (Wildman–Crippen LogP) is 4.15. The van der Waals surface area contributed by atoms with Gasteiger partial charge in [0.25, 0.3) is 0 Å². The first-order chi connectivity index (χ1) is 13.1. The maximum atomic E-state index is 12.5. The highest BCUT2D eigenvalue weighted by atomic mass is 16.5. The number of nitrogens with one attached hydrogen (secondary N) is 3. The minimum absolute atomic E-state index is 0.0488. The maximum Gasteiger partial charge on any atom is 0.411 e. The van der Waals surface area contributed by atoms with Crippen LogP contribution in [-0.2, 0) is 4.74 Å². The van der Waals surface area contributed by atoms with Crippen molar-refractivity contribution in [3.05, 3.63) is 54.1 Å². The summed E-state index contributed by atoms with van der Waals surface area (Å²) in [4.78, 5) is 23.8. The number of carbonyl (C=O) groups is 2. The zero-order valence-electron chi connectivity index (χ0n) is 15.3. The van der Waals surface area contributed by atoms with Crippen LogP contribution in [0.4, 0.5) is 21.0 Å². The van der Waals surface area contributed by atoms with E-state index in [0.717, 1.165) is 24.2 Å². The lowest BCUT2D eigenvalue weighted by Gasteiger charge is -2.19. The Kier molecular flexibility index (Phi) is 5.80. The van der Waals surface area contributed by atoms with Gasteiger partial charge in [-0.15, -0.1) is 0 Å². The number of hydrogen-bond acceptors (Lipinski definition) is 4.